The fourth-order valence-corrected chi connectivity index (χ4v) is 5.82. The number of sulfonamides is 1. The molecule has 2 aliphatic heterocycles. The van der Waals surface area contributed by atoms with Gasteiger partial charge in [-0.1, -0.05) is 78.4 Å². The van der Waals surface area contributed by atoms with Gasteiger partial charge in [0.2, 0.25) is 10.0 Å². The predicted molar refractivity (Wildman–Crippen MR) is 132 cm³/mol. The molecule has 2 saturated heterocycles. The first kappa shape index (κ1) is 24.1. The Morgan fingerprint density at radius 1 is 0.886 bits per heavy atom. The van der Waals surface area contributed by atoms with Gasteiger partial charge in [0.1, 0.15) is 12.2 Å². The van der Waals surface area contributed by atoms with Gasteiger partial charge in [0.05, 0.1) is 30.2 Å². The normalized spacial score (nSPS) is 26.0. The minimum absolute atomic E-state index is 0.214. The van der Waals surface area contributed by atoms with Gasteiger partial charge in [0, 0.05) is 6.54 Å². The summed E-state index contributed by atoms with van der Waals surface area (Å²) in [7, 11) is -3.81. The molecule has 0 saturated carbocycles. The van der Waals surface area contributed by atoms with Crippen molar-refractivity contribution in [1.82, 2.24) is 10.0 Å². The molecule has 3 aromatic carbocycles. The zero-order valence-electron chi connectivity index (χ0n) is 19.5. The smallest absolute Gasteiger partial charge is 0.240 e. The molecule has 2 bridgehead atoms. The topological polar surface area (TPSA) is 85.9 Å². The minimum Gasteiger partial charge on any atom is -0.367 e. The largest absolute Gasteiger partial charge is 0.367 e. The lowest BCUT2D eigenvalue weighted by molar-refractivity contribution is -0.192. The lowest BCUT2D eigenvalue weighted by Gasteiger charge is -2.41. The van der Waals surface area contributed by atoms with Gasteiger partial charge >= 0.3 is 0 Å². The van der Waals surface area contributed by atoms with Crippen molar-refractivity contribution >= 4 is 10.0 Å². The number of aryl methyl sites for hydroxylation is 1. The standard InChI is InChI=1S/C27H30N2O5S/c1-19-12-14-22(15-13-19)35(30,31)29-25-24(28-16-20-8-4-2-5-9-20)23-18-33-27(34-23)26(25)32-17-21-10-6-3-7-11-21/h2-15,23-29H,16-18H2,1H3/t23-,24-,25+,26-,27-/m1/s1. The zero-order valence-corrected chi connectivity index (χ0v) is 20.4. The predicted octanol–water partition coefficient (Wildman–Crippen LogP) is 3.14. The van der Waals surface area contributed by atoms with Gasteiger partial charge < -0.3 is 19.5 Å². The van der Waals surface area contributed by atoms with Crippen LogP contribution in [-0.2, 0) is 37.4 Å². The highest BCUT2D eigenvalue weighted by molar-refractivity contribution is 7.89. The van der Waals surface area contributed by atoms with Crippen LogP contribution in [0.25, 0.3) is 0 Å². The van der Waals surface area contributed by atoms with E-state index in [4.69, 9.17) is 14.2 Å². The van der Waals surface area contributed by atoms with E-state index in [0.29, 0.717) is 19.8 Å². The Labute approximate surface area is 206 Å². The van der Waals surface area contributed by atoms with E-state index in [1.807, 2.05) is 67.6 Å². The Morgan fingerprint density at radius 2 is 1.54 bits per heavy atom. The fraction of sp³-hybridized carbons (Fsp3) is 0.333. The number of fused-ring (bicyclic) bond motifs is 2. The van der Waals surface area contributed by atoms with Crippen LogP contribution in [0.5, 0.6) is 0 Å². The molecular weight excluding hydrogens is 464 g/mol. The van der Waals surface area contributed by atoms with Crippen LogP contribution in [-0.4, -0.2) is 45.6 Å². The van der Waals surface area contributed by atoms with Crippen LogP contribution in [0, 0.1) is 6.92 Å². The summed E-state index contributed by atoms with van der Waals surface area (Å²) >= 11 is 0. The van der Waals surface area contributed by atoms with Crippen LogP contribution in [0.3, 0.4) is 0 Å². The molecule has 0 amide bonds. The lowest BCUT2D eigenvalue weighted by atomic mass is 9.95. The molecule has 184 valence electrons. The average Bonchev–Trinajstić information content (AvgIpc) is 3.30. The Bertz CT molecular complexity index is 1150. The van der Waals surface area contributed by atoms with Crippen LogP contribution in [0.2, 0.25) is 0 Å². The highest BCUT2D eigenvalue weighted by Crippen LogP contribution is 2.32. The van der Waals surface area contributed by atoms with Gasteiger partial charge in [-0.3, -0.25) is 0 Å². The van der Waals surface area contributed by atoms with Crippen molar-refractivity contribution in [3.05, 3.63) is 102 Å². The van der Waals surface area contributed by atoms with E-state index in [1.54, 1.807) is 24.3 Å². The number of ether oxygens (including phenoxy) is 3. The van der Waals surface area contributed by atoms with Crippen molar-refractivity contribution < 1.29 is 22.6 Å². The maximum absolute atomic E-state index is 13.4. The summed E-state index contributed by atoms with van der Waals surface area (Å²) in [4.78, 5) is 0.214. The van der Waals surface area contributed by atoms with E-state index < -0.39 is 28.5 Å². The number of nitrogens with one attached hydrogen (secondary N) is 2. The maximum atomic E-state index is 13.4. The van der Waals surface area contributed by atoms with Gasteiger partial charge in [-0.15, -0.1) is 0 Å². The third-order valence-corrected chi connectivity index (χ3v) is 7.91. The highest BCUT2D eigenvalue weighted by Gasteiger charge is 2.52. The molecule has 0 spiro atoms. The average molecular weight is 495 g/mol. The number of benzene rings is 3. The molecule has 35 heavy (non-hydrogen) atoms. The summed E-state index contributed by atoms with van der Waals surface area (Å²) < 4.78 is 48.1. The molecule has 0 unspecified atom stereocenters. The molecule has 0 aromatic heterocycles. The van der Waals surface area contributed by atoms with Crippen molar-refractivity contribution in [2.75, 3.05) is 6.61 Å². The van der Waals surface area contributed by atoms with E-state index in [1.165, 1.54) is 0 Å². The van der Waals surface area contributed by atoms with Crippen LogP contribution >= 0.6 is 0 Å². The van der Waals surface area contributed by atoms with Gasteiger partial charge in [0.25, 0.3) is 0 Å². The lowest BCUT2D eigenvalue weighted by Crippen LogP contribution is -2.66. The van der Waals surface area contributed by atoms with Crippen molar-refractivity contribution in [2.45, 2.75) is 55.6 Å². The first-order valence-electron chi connectivity index (χ1n) is 11.8. The third kappa shape index (κ3) is 5.64. The molecule has 2 N–H and O–H groups in total. The SMILES string of the molecule is Cc1ccc(S(=O)(=O)N[C@H]2[C@H](NCc3ccccc3)[C@H]3CO[C@H](O3)[C@@H]2OCc2ccccc2)cc1. The van der Waals surface area contributed by atoms with Crippen LogP contribution < -0.4 is 10.0 Å². The van der Waals surface area contributed by atoms with Crippen molar-refractivity contribution in [3.8, 4) is 0 Å². The fourth-order valence-electron chi connectivity index (χ4n) is 4.55. The van der Waals surface area contributed by atoms with E-state index in [2.05, 4.69) is 10.0 Å². The minimum atomic E-state index is -3.81. The summed E-state index contributed by atoms with van der Waals surface area (Å²) in [5.41, 5.74) is 3.07. The Balaban J connectivity index is 1.42. The van der Waals surface area contributed by atoms with Gasteiger partial charge in [0.15, 0.2) is 6.29 Å². The van der Waals surface area contributed by atoms with Crippen LogP contribution in [0.15, 0.2) is 89.8 Å². The molecule has 5 atom stereocenters. The summed E-state index contributed by atoms with van der Waals surface area (Å²) in [6.07, 6.45) is -1.59. The second kappa shape index (κ2) is 10.6. The van der Waals surface area contributed by atoms with Gasteiger partial charge in [-0.05, 0) is 30.2 Å². The molecular formula is C27H30N2O5S. The Morgan fingerprint density at radius 3 is 2.23 bits per heavy atom. The second-order valence-corrected chi connectivity index (χ2v) is 10.7. The van der Waals surface area contributed by atoms with E-state index in [-0.39, 0.29) is 17.0 Å². The molecule has 0 aliphatic carbocycles. The Hall–Kier alpha value is -2.59. The number of hydrogen-bond acceptors (Lipinski definition) is 6. The summed E-state index contributed by atoms with van der Waals surface area (Å²) in [6.45, 7) is 3.16. The maximum Gasteiger partial charge on any atom is 0.240 e. The number of rotatable bonds is 9. The van der Waals surface area contributed by atoms with Crippen LogP contribution in [0.1, 0.15) is 16.7 Å². The monoisotopic (exact) mass is 494 g/mol. The van der Waals surface area contributed by atoms with Crippen molar-refractivity contribution in [2.24, 2.45) is 0 Å². The first-order chi connectivity index (χ1) is 17.0. The second-order valence-electron chi connectivity index (χ2n) is 8.99. The van der Waals surface area contributed by atoms with Gasteiger partial charge in [-0.25, -0.2) is 13.1 Å². The summed E-state index contributed by atoms with van der Waals surface area (Å²) in [5.74, 6) is 0. The number of hydrogen-bond donors (Lipinski definition) is 2. The third-order valence-electron chi connectivity index (χ3n) is 6.44. The zero-order chi connectivity index (χ0) is 24.3. The summed E-state index contributed by atoms with van der Waals surface area (Å²) in [5, 5.41) is 3.52. The quantitative estimate of drug-likeness (QED) is 0.475. The van der Waals surface area contributed by atoms with Crippen molar-refractivity contribution in [3.63, 3.8) is 0 Å². The molecule has 3 aromatic rings. The van der Waals surface area contributed by atoms with Gasteiger partial charge in [-0.2, -0.15) is 0 Å². The molecule has 5 rings (SSSR count). The molecule has 8 heteroatoms. The van der Waals surface area contributed by atoms with E-state index in [9.17, 15) is 8.42 Å². The first-order valence-corrected chi connectivity index (χ1v) is 13.3. The summed E-state index contributed by atoms with van der Waals surface area (Å²) in [6, 6.07) is 25.6. The Kier molecular flexibility index (Phi) is 7.29. The van der Waals surface area contributed by atoms with E-state index >= 15 is 0 Å². The molecule has 2 fully saturated rings. The highest BCUT2D eigenvalue weighted by atomic mass is 32.2. The van der Waals surface area contributed by atoms with Crippen LogP contribution in [0.4, 0.5) is 0 Å². The molecule has 2 heterocycles. The van der Waals surface area contributed by atoms with E-state index in [0.717, 1.165) is 16.7 Å². The molecule has 0 radical (unpaired) electrons. The molecule has 2 aliphatic rings. The van der Waals surface area contributed by atoms with Crippen molar-refractivity contribution in [1.29, 1.82) is 0 Å². The molecule has 7 nitrogen and oxygen atoms in total.